The molecule has 0 aliphatic rings. The van der Waals surface area contributed by atoms with Crippen LogP contribution in [0.2, 0.25) is 0 Å². The summed E-state index contributed by atoms with van der Waals surface area (Å²) in [7, 11) is 0. The summed E-state index contributed by atoms with van der Waals surface area (Å²) < 4.78 is 5.39. The molecule has 0 atom stereocenters. The number of nitrogens with zero attached hydrogens (tertiary/aromatic N) is 1. The quantitative estimate of drug-likeness (QED) is 0.120. The van der Waals surface area contributed by atoms with Gasteiger partial charge in [0, 0.05) is 35.1 Å². The summed E-state index contributed by atoms with van der Waals surface area (Å²) in [6, 6.07) is 32.7. The number of aromatic nitrogens is 2. The molecule has 0 bridgehead atoms. The van der Waals surface area contributed by atoms with Crippen LogP contribution in [0.25, 0.3) is 16.6 Å². The molecule has 0 radical (unpaired) electrons. The van der Waals surface area contributed by atoms with Crippen molar-refractivity contribution in [3.8, 4) is 0 Å². The van der Waals surface area contributed by atoms with E-state index in [1.807, 2.05) is 93.8 Å². The summed E-state index contributed by atoms with van der Waals surface area (Å²) in [6.07, 6.45) is 6.02. The van der Waals surface area contributed by atoms with Crippen molar-refractivity contribution in [1.29, 1.82) is 5.41 Å². The zero-order chi connectivity index (χ0) is 28.9. The average Bonchev–Trinajstić information content (AvgIpc) is 3.39. The Morgan fingerprint density at radius 2 is 1.41 bits per heavy atom. The summed E-state index contributed by atoms with van der Waals surface area (Å²) in [4.78, 5) is 20.0. The van der Waals surface area contributed by atoms with Crippen LogP contribution in [0, 0.1) is 5.41 Å². The number of hydrogen-bond donors (Lipinski definition) is 4. The van der Waals surface area contributed by atoms with Gasteiger partial charge in [0.15, 0.2) is 0 Å². The van der Waals surface area contributed by atoms with E-state index < -0.39 is 17.2 Å². The van der Waals surface area contributed by atoms with Gasteiger partial charge in [0.1, 0.15) is 16.8 Å². The summed E-state index contributed by atoms with van der Waals surface area (Å²) >= 11 is 0. The number of ether oxygens (including phenoxy) is 1. The first-order valence-corrected chi connectivity index (χ1v) is 13.4. The zero-order valence-electron chi connectivity index (χ0n) is 23.3. The summed E-state index contributed by atoms with van der Waals surface area (Å²) in [5, 5.41) is 15.6. The fourth-order valence-electron chi connectivity index (χ4n) is 4.93. The van der Waals surface area contributed by atoms with E-state index in [9.17, 15) is 4.79 Å². The van der Waals surface area contributed by atoms with E-state index in [-0.39, 0.29) is 0 Å². The molecule has 5 aromatic rings. The maximum Gasteiger partial charge on any atom is 0.412 e. The van der Waals surface area contributed by atoms with E-state index >= 15 is 0 Å². The molecule has 5 rings (SSSR count). The van der Waals surface area contributed by atoms with Gasteiger partial charge < -0.3 is 20.4 Å². The van der Waals surface area contributed by atoms with E-state index in [1.54, 1.807) is 6.20 Å². The minimum absolute atomic E-state index is 0.497. The lowest BCUT2D eigenvalue weighted by Gasteiger charge is -2.36. The van der Waals surface area contributed by atoms with Crippen LogP contribution in [-0.2, 0) is 10.3 Å². The number of benzene rings is 3. The Labute approximate surface area is 239 Å². The molecule has 0 saturated heterocycles. The first kappa shape index (κ1) is 27.4. The average molecular weight is 544 g/mol. The number of H-pyrrole nitrogens is 1. The molecular weight excluding hydrogens is 510 g/mol. The Balaban J connectivity index is 1.59. The highest BCUT2D eigenvalue weighted by molar-refractivity contribution is 6.13. The minimum atomic E-state index is -0.730. The normalized spacial score (nSPS) is 12.1. The van der Waals surface area contributed by atoms with Gasteiger partial charge >= 0.3 is 6.09 Å². The van der Waals surface area contributed by atoms with Crippen molar-refractivity contribution in [3.63, 3.8) is 0 Å². The molecule has 2 aromatic heterocycles. The van der Waals surface area contributed by atoms with Gasteiger partial charge in [0.2, 0.25) is 0 Å². The summed E-state index contributed by atoms with van der Waals surface area (Å²) in [6.45, 7) is 5.44. The summed E-state index contributed by atoms with van der Waals surface area (Å²) in [5.74, 6) is 0. The second-order valence-electron chi connectivity index (χ2n) is 10.7. The number of hydrogen-bond acceptors (Lipinski definition) is 5. The van der Waals surface area contributed by atoms with Crippen LogP contribution < -0.4 is 10.6 Å². The fraction of sp³-hybridized carbons (Fsp3) is 0.147. The van der Waals surface area contributed by atoms with Gasteiger partial charge in [0.25, 0.3) is 0 Å². The number of carbonyl (C=O) groups is 1. The first-order valence-electron chi connectivity index (χ1n) is 13.4. The van der Waals surface area contributed by atoms with Crippen molar-refractivity contribution in [2.24, 2.45) is 0 Å². The number of rotatable bonds is 8. The zero-order valence-corrected chi connectivity index (χ0v) is 23.3. The molecule has 2 heterocycles. The predicted octanol–water partition coefficient (Wildman–Crippen LogP) is 7.48. The molecule has 41 heavy (non-hydrogen) atoms. The molecule has 3 aromatic carbocycles. The van der Waals surface area contributed by atoms with Gasteiger partial charge in [-0.25, -0.2) is 9.78 Å². The predicted molar refractivity (Wildman–Crippen MR) is 165 cm³/mol. The van der Waals surface area contributed by atoms with Crippen molar-refractivity contribution < 1.29 is 9.53 Å². The van der Waals surface area contributed by atoms with Gasteiger partial charge in [-0.1, -0.05) is 91.0 Å². The lowest BCUT2D eigenvalue weighted by molar-refractivity contribution is 0.0636. The van der Waals surface area contributed by atoms with Crippen LogP contribution in [-0.4, -0.2) is 27.9 Å². The number of aromatic amines is 1. The van der Waals surface area contributed by atoms with E-state index in [4.69, 9.17) is 10.1 Å². The second kappa shape index (κ2) is 11.5. The molecule has 4 N–H and O–H groups in total. The highest BCUT2D eigenvalue weighted by Gasteiger charge is 2.35. The molecule has 0 saturated carbocycles. The SMILES string of the molecule is CC(C)(C)OC(=O)Nc1cnc2[nH]cc(/C(C=N)=C/NC(c3ccccc3)(c3ccccc3)c3ccccc3)c2c1. The van der Waals surface area contributed by atoms with Gasteiger partial charge in [-0.05, 0) is 43.5 Å². The molecule has 0 aliphatic carbocycles. The van der Waals surface area contributed by atoms with E-state index in [2.05, 4.69) is 57.0 Å². The van der Waals surface area contributed by atoms with Gasteiger partial charge in [-0.3, -0.25) is 5.32 Å². The standard InChI is InChI=1S/C34H33N5O2/c1-33(2,3)41-32(40)39-28-19-29-30(23-37-31(29)36-22-28)24(20-35)21-38-34(25-13-7-4-8-14-25,26-15-9-5-10-16-26)27-17-11-6-12-18-27/h4-23,35,38H,1-3H3,(H,36,37)(H,39,40)/b24-21+,35-20?. The fourth-order valence-corrected chi connectivity index (χ4v) is 4.93. The van der Waals surface area contributed by atoms with E-state index in [1.165, 1.54) is 6.21 Å². The number of allylic oxidation sites excluding steroid dienone is 1. The highest BCUT2D eigenvalue weighted by Crippen LogP contribution is 2.37. The Morgan fingerprint density at radius 1 is 0.878 bits per heavy atom. The first-order chi connectivity index (χ1) is 19.8. The molecular formula is C34H33N5O2. The van der Waals surface area contributed by atoms with E-state index in [0.717, 1.165) is 27.6 Å². The smallest absolute Gasteiger partial charge is 0.412 e. The van der Waals surface area contributed by atoms with Crippen molar-refractivity contribution in [1.82, 2.24) is 15.3 Å². The highest BCUT2D eigenvalue weighted by atomic mass is 16.6. The number of amides is 1. The molecule has 7 heteroatoms. The monoisotopic (exact) mass is 543 g/mol. The molecule has 0 aliphatic heterocycles. The van der Waals surface area contributed by atoms with Crippen LogP contribution in [0.5, 0.6) is 0 Å². The van der Waals surface area contributed by atoms with Gasteiger partial charge in [0.05, 0.1) is 11.9 Å². The maximum absolute atomic E-state index is 12.4. The maximum atomic E-state index is 12.4. The minimum Gasteiger partial charge on any atom is -0.444 e. The Bertz CT molecular complexity index is 1570. The van der Waals surface area contributed by atoms with Crippen LogP contribution in [0.3, 0.4) is 0 Å². The molecule has 7 nitrogen and oxygen atoms in total. The molecule has 206 valence electrons. The van der Waals surface area contributed by atoms with Gasteiger partial charge in [-0.15, -0.1) is 0 Å². The Morgan fingerprint density at radius 3 is 1.90 bits per heavy atom. The van der Waals surface area contributed by atoms with Crippen LogP contribution in [0.15, 0.2) is 116 Å². The van der Waals surface area contributed by atoms with Crippen LogP contribution in [0.4, 0.5) is 10.5 Å². The third-order valence-corrected chi connectivity index (χ3v) is 6.71. The van der Waals surface area contributed by atoms with Crippen LogP contribution >= 0.6 is 0 Å². The van der Waals surface area contributed by atoms with E-state index in [0.29, 0.717) is 16.9 Å². The number of anilines is 1. The Kier molecular flexibility index (Phi) is 7.70. The second-order valence-corrected chi connectivity index (χ2v) is 10.7. The topological polar surface area (TPSA) is 103 Å². The molecule has 1 amide bonds. The largest absolute Gasteiger partial charge is 0.444 e. The number of nitrogens with one attached hydrogen (secondary N) is 4. The van der Waals surface area contributed by atoms with Crippen LogP contribution in [0.1, 0.15) is 43.0 Å². The molecule has 0 unspecified atom stereocenters. The van der Waals surface area contributed by atoms with Crippen molar-refractivity contribution >= 4 is 34.6 Å². The number of fused-ring (bicyclic) bond motifs is 1. The van der Waals surface area contributed by atoms with Gasteiger partial charge in [-0.2, -0.15) is 0 Å². The number of carbonyl (C=O) groups excluding carboxylic acids is 1. The van der Waals surface area contributed by atoms with Crippen molar-refractivity contribution in [3.05, 3.63) is 138 Å². The lowest BCUT2D eigenvalue weighted by Crippen LogP contribution is -2.42. The molecule has 0 fully saturated rings. The number of pyridine rings is 1. The third kappa shape index (κ3) is 5.89. The lowest BCUT2D eigenvalue weighted by atomic mass is 9.77. The van der Waals surface area contributed by atoms with Crippen molar-refractivity contribution in [2.45, 2.75) is 31.9 Å². The Hall–Kier alpha value is -5.17. The molecule has 0 spiro atoms. The van der Waals surface area contributed by atoms with Crippen molar-refractivity contribution in [2.75, 3.05) is 5.32 Å². The third-order valence-electron chi connectivity index (χ3n) is 6.71. The summed E-state index contributed by atoms with van der Waals surface area (Å²) in [5.41, 5.74) is 4.37.